The van der Waals surface area contributed by atoms with Crippen LogP contribution in [0.2, 0.25) is 6.04 Å². The predicted molar refractivity (Wildman–Crippen MR) is 54.2 cm³/mol. The fourth-order valence-corrected chi connectivity index (χ4v) is 3.08. The molecule has 0 spiro atoms. The molecule has 15 heavy (non-hydrogen) atoms. The second kappa shape index (κ2) is 6.72. The minimum absolute atomic E-state index is 0.0604. The molecule has 0 saturated carbocycles. The highest BCUT2D eigenvalue weighted by atomic mass is 31.2. The van der Waals surface area contributed by atoms with Crippen LogP contribution in [0.5, 0.6) is 0 Å². The zero-order valence-electron chi connectivity index (χ0n) is 9.00. The minimum atomic E-state index is -4.38. The molecular formula is C6H17O7PSi. The number of phosphoric ester groups is 1. The maximum atomic E-state index is 10.4. The Hall–Kier alpha value is 0.207. The summed E-state index contributed by atoms with van der Waals surface area (Å²) in [6, 6.07) is 0.441. The van der Waals surface area contributed by atoms with E-state index in [-0.39, 0.29) is 6.61 Å². The molecular weight excluding hydrogens is 243 g/mol. The third-order valence-corrected chi connectivity index (χ3v) is 5.17. The van der Waals surface area contributed by atoms with Gasteiger partial charge in [0.25, 0.3) is 0 Å². The third-order valence-electron chi connectivity index (χ3n) is 1.82. The van der Waals surface area contributed by atoms with E-state index in [0.717, 1.165) is 0 Å². The Morgan fingerprint density at radius 3 is 1.93 bits per heavy atom. The molecule has 0 unspecified atom stereocenters. The van der Waals surface area contributed by atoms with E-state index < -0.39 is 16.6 Å². The van der Waals surface area contributed by atoms with E-state index in [1.165, 1.54) is 21.3 Å². The summed E-state index contributed by atoms with van der Waals surface area (Å²) in [5, 5.41) is 0. The maximum Gasteiger partial charge on any atom is 0.500 e. The van der Waals surface area contributed by atoms with Crippen molar-refractivity contribution < 1.29 is 32.2 Å². The topological polar surface area (TPSA) is 94.5 Å². The number of hydrogen-bond acceptors (Lipinski definition) is 5. The standard InChI is InChI=1S/C6H17O7PSi/c1-10-15(11-2,12-3)6-4-5-13-14(7,8)9/h4-6H2,1-3H3,(H2,7,8,9). The van der Waals surface area contributed by atoms with Crippen molar-refractivity contribution in [2.45, 2.75) is 12.5 Å². The molecule has 92 valence electrons. The highest BCUT2D eigenvalue weighted by Gasteiger charge is 2.37. The van der Waals surface area contributed by atoms with Crippen LogP contribution in [0, 0.1) is 0 Å². The number of rotatable bonds is 8. The van der Waals surface area contributed by atoms with Crippen molar-refractivity contribution in [1.29, 1.82) is 0 Å². The van der Waals surface area contributed by atoms with Gasteiger partial charge in [0.2, 0.25) is 0 Å². The molecule has 0 aliphatic carbocycles. The van der Waals surface area contributed by atoms with Crippen molar-refractivity contribution in [3.63, 3.8) is 0 Å². The third kappa shape index (κ3) is 6.39. The average Bonchev–Trinajstić information content (AvgIpc) is 2.18. The van der Waals surface area contributed by atoms with Crippen molar-refractivity contribution >= 4 is 16.6 Å². The minimum Gasteiger partial charge on any atom is -0.377 e. The summed E-state index contributed by atoms with van der Waals surface area (Å²) < 4.78 is 30.0. The molecule has 9 heteroatoms. The van der Waals surface area contributed by atoms with E-state index in [9.17, 15) is 4.57 Å². The monoisotopic (exact) mass is 260 g/mol. The van der Waals surface area contributed by atoms with Crippen LogP contribution in [0.4, 0.5) is 0 Å². The molecule has 0 aromatic rings. The molecule has 7 nitrogen and oxygen atoms in total. The fraction of sp³-hybridized carbons (Fsp3) is 1.00. The number of phosphoric acid groups is 1. The van der Waals surface area contributed by atoms with Crippen LogP contribution in [0.1, 0.15) is 6.42 Å². The largest absolute Gasteiger partial charge is 0.500 e. The van der Waals surface area contributed by atoms with Gasteiger partial charge in [0.05, 0.1) is 6.61 Å². The molecule has 0 aliphatic heterocycles. The lowest BCUT2D eigenvalue weighted by molar-refractivity contribution is 0.119. The van der Waals surface area contributed by atoms with Gasteiger partial charge in [-0.1, -0.05) is 0 Å². The first-order valence-corrected chi connectivity index (χ1v) is 7.71. The van der Waals surface area contributed by atoms with Crippen LogP contribution in [-0.2, 0) is 22.4 Å². The van der Waals surface area contributed by atoms with Gasteiger partial charge in [-0.05, 0) is 6.42 Å². The highest BCUT2D eigenvalue weighted by molar-refractivity contribution is 7.46. The summed E-state index contributed by atoms with van der Waals surface area (Å²) in [6.07, 6.45) is 0.396. The van der Waals surface area contributed by atoms with Crippen molar-refractivity contribution in [2.24, 2.45) is 0 Å². The Bertz CT molecular complexity index is 205. The van der Waals surface area contributed by atoms with Gasteiger partial charge in [0.1, 0.15) is 0 Å². The van der Waals surface area contributed by atoms with Crippen molar-refractivity contribution in [3.8, 4) is 0 Å². The molecule has 0 aliphatic rings. The Labute approximate surface area is 89.9 Å². The van der Waals surface area contributed by atoms with E-state index in [4.69, 9.17) is 23.1 Å². The van der Waals surface area contributed by atoms with Crippen LogP contribution >= 0.6 is 7.82 Å². The molecule has 0 bridgehead atoms. The van der Waals surface area contributed by atoms with Gasteiger partial charge in [-0.25, -0.2) is 4.57 Å². The lowest BCUT2D eigenvalue weighted by Crippen LogP contribution is -2.42. The van der Waals surface area contributed by atoms with E-state index in [1.54, 1.807) is 0 Å². The van der Waals surface area contributed by atoms with Crippen molar-refractivity contribution in [1.82, 2.24) is 0 Å². The van der Waals surface area contributed by atoms with Crippen LogP contribution in [0.25, 0.3) is 0 Å². The van der Waals surface area contributed by atoms with E-state index in [1.807, 2.05) is 0 Å². The van der Waals surface area contributed by atoms with Crippen LogP contribution in [0.3, 0.4) is 0 Å². The normalized spacial score (nSPS) is 13.1. The molecule has 0 aromatic carbocycles. The van der Waals surface area contributed by atoms with E-state index >= 15 is 0 Å². The maximum absolute atomic E-state index is 10.4. The second-order valence-corrected chi connectivity index (χ2v) is 7.05. The van der Waals surface area contributed by atoms with Crippen LogP contribution < -0.4 is 0 Å². The zero-order valence-corrected chi connectivity index (χ0v) is 10.9. The second-order valence-electron chi connectivity index (χ2n) is 2.72. The lowest BCUT2D eigenvalue weighted by atomic mass is 10.5. The molecule has 0 amide bonds. The smallest absolute Gasteiger partial charge is 0.377 e. The fourth-order valence-electron chi connectivity index (χ4n) is 1.03. The quantitative estimate of drug-likeness (QED) is 0.369. The molecule has 0 radical (unpaired) electrons. The van der Waals surface area contributed by atoms with Gasteiger partial charge in [-0.15, -0.1) is 0 Å². The van der Waals surface area contributed by atoms with Gasteiger partial charge in [-0.2, -0.15) is 0 Å². The summed E-state index contributed by atoms with van der Waals surface area (Å²) in [7, 11) is -2.60. The first kappa shape index (κ1) is 15.2. The molecule has 0 atom stereocenters. The first-order chi connectivity index (χ1) is 6.89. The summed E-state index contributed by atoms with van der Waals surface area (Å²) >= 11 is 0. The highest BCUT2D eigenvalue weighted by Crippen LogP contribution is 2.36. The molecule has 0 rings (SSSR count). The predicted octanol–water partition coefficient (Wildman–Crippen LogP) is 0.364. The molecule has 2 N–H and O–H groups in total. The zero-order chi connectivity index (χ0) is 11.9. The van der Waals surface area contributed by atoms with Gasteiger partial charge < -0.3 is 23.1 Å². The van der Waals surface area contributed by atoms with Crippen LogP contribution in [0.15, 0.2) is 0 Å². The molecule has 0 aromatic heterocycles. The summed E-state index contributed by atoms with van der Waals surface area (Å²) in [5.41, 5.74) is 0. The van der Waals surface area contributed by atoms with Crippen molar-refractivity contribution in [3.05, 3.63) is 0 Å². The van der Waals surface area contributed by atoms with Gasteiger partial charge in [-0.3, -0.25) is 4.52 Å². The molecule has 0 heterocycles. The van der Waals surface area contributed by atoms with Crippen LogP contribution in [-0.4, -0.2) is 46.5 Å². The summed E-state index contributed by atoms with van der Waals surface area (Å²) in [5.74, 6) is 0. The van der Waals surface area contributed by atoms with E-state index in [0.29, 0.717) is 12.5 Å². The summed E-state index contributed by atoms with van der Waals surface area (Å²) in [4.78, 5) is 16.9. The Kier molecular flexibility index (Phi) is 6.81. The molecule has 0 fully saturated rings. The summed E-state index contributed by atoms with van der Waals surface area (Å²) in [6.45, 7) is -0.0604. The molecule has 0 saturated heterocycles. The Morgan fingerprint density at radius 1 is 1.13 bits per heavy atom. The average molecular weight is 260 g/mol. The van der Waals surface area contributed by atoms with Gasteiger partial charge in [0, 0.05) is 27.4 Å². The number of hydrogen-bond donors (Lipinski definition) is 2. The van der Waals surface area contributed by atoms with Crippen molar-refractivity contribution in [2.75, 3.05) is 27.9 Å². The Balaban J connectivity index is 3.87. The SMILES string of the molecule is CO[Si](CCCOP(=O)(O)O)(OC)OC. The van der Waals surface area contributed by atoms with Gasteiger partial charge >= 0.3 is 16.6 Å². The van der Waals surface area contributed by atoms with Gasteiger partial charge in [0.15, 0.2) is 0 Å². The first-order valence-electron chi connectivity index (χ1n) is 4.24. The Morgan fingerprint density at radius 2 is 1.60 bits per heavy atom. The van der Waals surface area contributed by atoms with E-state index in [2.05, 4.69) is 4.52 Å². The lowest BCUT2D eigenvalue weighted by Gasteiger charge is -2.24.